The minimum atomic E-state index is -1.29. The molecule has 8 heteroatoms. The van der Waals surface area contributed by atoms with Crippen molar-refractivity contribution in [3.8, 4) is 11.5 Å². The maximum absolute atomic E-state index is 11.7. The summed E-state index contributed by atoms with van der Waals surface area (Å²) < 4.78 is 10.2. The number of carboxylic acid groups (broad SMARTS) is 1. The Labute approximate surface area is 130 Å². The van der Waals surface area contributed by atoms with E-state index in [1.165, 1.54) is 13.2 Å². The largest absolute Gasteiger partial charge is 0.497 e. The number of amides is 1. The number of nitrogens with zero attached hydrogens (tertiary/aromatic N) is 1. The lowest BCUT2D eigenvalue weighted by Gasteiger charge is -2.09. The summed E-state index contributed by atoms with van der Waals surface area (Å²) in [6.45, 7) is 0. The number of carbonyl (C=O) groups is 3. The Balaban J connectivity index is 2.51. The standard InChI is InChI=1S/C15H12N2O6/c1-22-8-2-3-10-9(6-8)12(7-11(17-10)15(16)21)23-14(20)5-4-13(18)19/h2-7H,1H3,(H2,16,21)(H,18,19)/b5-4+. The van der Waals surface area contributed by atoms with Crippen molar-refractivity contribution >= 4 is 28.7 Å². The first kappa shape index (κ1) is 16.0. The van der Waals surface area contributed by atoms with E-state index in [-0.39, 0.29) is 11.4 Å². The van der Waals surface area contributed by atoms with Crippen molar-refractivity contribution in [2.24, 2.45) is 5.73 Å². The molecule has 1 heterocycles. The van der Waals surface area contributed by atoms with Crippen LogP contribution in [0.2, 0.25) is 0 Å². The van der Waals surface area contributed by atoms with Gasteiger partial charge in [0.2, 0.25) is 0 Å². The molecular weight excluding hydrogens is 304 g/mol. The van der Waals surface area contributed by atoms with E-state index in [1.807, 2.05) is 0 Å². The summed E-state index contributed by atoms with van der Waals surface area (Å²) in [6, 6.07) is 5.97. The highest BCUT2D eigenvalue weighted by molar-refractivity contribution is 5.98. The molecule has 0 aliphatic heterocycles. The highest BCUT2D eigenvalue weighted by Gasteiger charge is 2.13. The maximum Gasteiger partial charge on any atom is 0.336 e. The quantitative estimate of drug-likeness (QED) is 0.619. The predicted molar refractivity (Wildman–Crippen MR) is 79.2 cm³/mol. The zero-order chi connectivity index (χ0) is 17.0. The smallest absolute Gasteiger partial charge is 0.336 e. The molecule has 0 bridgehead atoms. The number of pyridine rings is 1. The average Bonchev–Trinajstić information content (AvgIpc) is 2.52. The van der Waals surface area contributed by atoms with Crippen molar-refractivity contribution in [1.82, 2.24) is 4.98 Å². The molecule has 118 valence electrons. The molecular formula is C15H12N2O6. The van der Waals surface area contributed by atoms with E-state index in [2.05, 4.69) is 4.98 Å². The first-order chi connectivity index (χ1) is 10.9. The number of hydrogen-bond acceptors (Lipinski definition) is 6. The summed E-state index contributed by atoms with van der Waals surface area (Å²) in [5.41, 5.74) is 5.48. The van der Waals surface area contributed by atoms with Gasteiger partial charge in [-0.2, -0.15) is 0 Å². The van der Waals surface area contributed by atoms with Gasteiger partial charge >= 0.3 is 11.9 Å². The van der Waals surface area contributed by atoms with Crippen LogP contribution in [0.1, 0.15) is 10.5 Å². The Morgan fingerprint density at radius 3 is 2.57 bits per heavy atom. The first-order valence-corrected chi connectivity index (χ1v) is 6.32. The summed E-state index contributed by atoms with van der Waals surface area (Å²) >= 11 is 0. The van der Waals surface area contributed by atoms with Crippen LogP contribution in [0, 0.1) is 0 Å². The zero-order valence-corrected chi connectivity index (χ0v) is 12.0. The SMILES string of the molecule is COc1ccc2nc(C(N)=O)cc(OC(=O)/C=C/C(=O)O)c2c1. The molecule has 0 atom stereocenters. The topological polar surface area (TPSA) is 129 Å². The van der Waals surface area contributed by atoms with Crippen molar-refractivity contribution in [2.75, 3.05) is 7.11 Å². The van der Waals surface area contributed by atoms with Gasteiger partial charge in [0.15, 0.2) is 0 Å². The van der Waals surface area contributed by atoms with E-state index in [4.69, 9.17) is 20.3 Å². The van der Waals surface area contributed by atoms with Crippen LogP contribution in [0.25, 0.3) is 10.9 Å². The summed E-state index contributed by atoms with van der Waals surface area (Å²) in [6.07, 6.45) is 1.39. The second-order valence-corrected chi connectivity index (χ2v) is 4.35. The number of nitrogens with two attached hydrogens (primary N) is 1. The van der Waals surface area contributed by atoms with Gasteiger partial charge in [-0.05, 0) is 18.2 Å². The van der Waals surface area contributed by atoms with Gasteiger partial charge < -0.3 is 20.3 Å². The number of aromatic nitrogens is 1. The Kier molecular flexibility index (Phi) is 4.55. The molecule has 8 nitrogen and oxygen atoms in total. The third-order valence-electron chi connectivity index (χ3n) is 2.80. The number of carboxylic acids is 1. The van der Waals surface area contributed by atoms with Gasteiger partial charge in [-0.3, -0.25) is 4.79 Å². The summed E-state index contributed by atoms with van der Waals surface area (Å²) in [7, 11) is 1.47. The van der Waals surface area contributed by atoms with Crippen LogP contribution < -0.4 is 15.2 Å². The van der Waals surface area contributed by atoms with E-state index in [1.54, 1.807) is 18.2 Å². The number of fused-ring (bicyclic) bond motifs is 1. The third kappa shape index (κ3) is 3.82. The molecule has 3 N–H and O–H groups in total. The number of rotatable bonds is 5. The Morgan fingerprint density at radius 2 is 1.96 bits per heavy atom. The lowest BCUT2D eigenvalue weighted by Crippen LogP contribution is -2.14. The summed E-state index contributed by atoms with van der Waals surface area (Å²) in [5, 5.41) is 8.91. The molecule has 23 heavy (non-hydrogen) atoms. The summed E-state index contributed by atoms with van der Waals surface area (Å²) in [5.74, 6) is -2.49. The van der Waals surface area contributed by atoms with E-state index in [0.29, 0.717) is 22.7 Å². The minimum Gasteiger partial charge on any atom is -0.497 e. The van der Waals surface area contributed by atoms with Crippen LogP contribution in [0.5, 0.6) is 11.5 Å². The maximum atomic E-state index is 11.7. The van der Waals surface area contributed by atoms with Crippen LogP contribution in [-0.4, -0.2) is 35.0 Å². The van der Waals surface area contributed by atoms with Gasteiger partial charge in [-0.15, -0.1) is 0 Å². The van der Waals surface area contributed by atoms with Gasteiger partial charge in [-0.1, -0.05) is 0 Å². The predicted octanol–water partition coefficient (Wildman–Crippen LogP) is 0.889. The Bertz CT molecular complexity index is 828. The average molecular weight is 316 g/mol. The molecule has 0 saturated heterocycles. The Hall–Kier alpha value is -3.42. The molecule has 0 fully saturated rings. The number of methoxy groups -OCH3 is 1. The molecule has 0 spiro atoms. The molecule has 2 aromatic rings. The highest BCUT2D eigenvalue weighted by Crippen LogP contribution is 2.29. The van der Waals surface area contributed by atoms with Crippen molar-refractivity contribution < 1.29 is 29.0 Å². The molecule has 2 rings (SSSR count). The van der Waals surface area contributed by atoms with Crippen molar-refractivity contribution in [1.29, 1.82) is 0 Å². The fourth-order valence-corrected chi connectivity index (χ4v) is 1.79. The second-order valence-electron chi connectivity index (χ2n) is 4.35. The molecule has 0 unspecified atom stereocenters. The number of primary amides is 1. The lowest BCUT2D eigenvalue weighted by atomic mass is 10.1. The van der Waals surface area contributed by atoms with E-state index < -0.39 is 17.8 Å². The van der Waals surface area contributed by atoms with Crippen molar-refractivity contribution in [3.05, 3.63) is 42.1 Å². The van der Waals surface area contributed by atoms with E-state index in [9.17, 15) is 14.4 Å². The highest BCUT2D eigenvalue weighted by atomic mass is 16.5. The van der Waals surface area contributed by atoms with Crippen LogP contribution in [-0.2, 0) is 9.59 Å². The molecule has 0 saturated carbocycles. The van der Waals surface area contributed by atoms with Crippen LogP contribution in [0.15, 0.2) is 36.4 Å². The fraction of sp³-hybridized carbons (Fsp3) is 0.0667. The fourth-order valence-electron chi connectivity index (χ4n) is 1.79. The molecule has 0 aliphatic rings. The third-order valence-corrected chi connectivity index (χ3v) is 2.80. The van der Waals surface area contributed by atoms with Gasteiger partial charge in [0.25, 0.3) is 5.91 Å². The number of esters is 1. The molecule has 1 amide bonds. The second kappa shape index (κ2) is 6.56. The van der Waals surface area contributed by atoms with Gasteiger partial charge in [0, 0.05) is 23.6 Å². The normalized spacial score (nSPS) is 10.7. The van der Waals surface area contributed by atoms with Crippen LogP contribution in [0.4, 0.5) is 0 Å². The molecule has 1 aromatic carbocycles. The molecule has 0 aliphatic carbocycles. The number of aliphatic carboxylic acids is 1. The number of hydrogen-bond donors (Lipinski definition) is 2. The van der Waals surface area contributed by atoms with E-state index >= 15 is 0 Å². The van der Waals surface area contributed by atoms with Gasteiger partial charge in [0.05, 0.1) is 12.6 Å². The van der Waals surface area contributed by atoms with Crippen LogP contribution in [0.3, 0.4) is 0 Å². The Morgan fingerprint density at radius 1 is 1.22 bits per heavy atom. The molecule has 0 radical (unpaired) electrons. The van der Waals surface area contributed by atoms with Gasteiger partial charge in [-0.25, -0.2) is 14.6 Å². The number of carbonyl (C=O) groups excluding carboxylic acids is 2. The van der Waals surface area contributed by atoms with E-state index in [0.717, 1.165) is 6.08 Å². The minimum absolute atomic E-state index is 0.0164. The first-order valence-electron chi connectivity index (χ1n) is 6.32. The summed E-state index contributed by atoms with van der Waals surface area (Å²) in [4.78, 5) is 37.5. The monoisotopic (exact) mass is 316 g/mol. The van der Waals surface area contributed by atoms with Gasteiger partial charge in [0.1, 0.15) is 17.2 Å². The zero-order valence-electron chi connectivity index (χ0n) is 12.0. The lowest BCUT2D eigenvalue weighted by molar-refractivity contribution is -0.133. The van der Waals surface area contributed by atoms with Crippen LogP contribution >= 0.6 is 0 Å². The number of ether oxygens (including phenoxy) is 2. The number of benzene rings is 1. The molecule has 1 aromatic heterocycles. The van der Waals surface area contributed by atoms with Crippen molar-refractivity contribution in [2.45, 2.75) is 0 Å². The van der Waals surface area contributed by atoms with Crippen molar-refractivity contribution in [3.63, 3.8) is 0 Å².